The number of carbonyl (C=O) groups excluding carboxylic acids is 3. The van der Waals surface area contributed by atoms with Crippen molar-refractivity contribution in [3.05, 3.63) is 60.2 Å². The zero-order valence-corrected chi connectivity index (χ0v) is 16.8. The molecule has 0 saturated heterocycles. The minimum absolute atomic E-state index is 0.219. The lowest BCUT2D eigenvalue weighted by Gasteiger charge is -2.20. The maximum absolute atomic E-state index is 12.3. The number of benzene rings is 2. The van der Waals surface area contributed by atoms with E-state index in [1.54, 1.807) is 50.2 Å². The number of hydrogen-bond acceptors (Lipinski definition) is 5. The number of ether oxygens (including phenoxy) is 2. The zero-order valence-electron chi connectivity index (χ0n) is 16.8. The Morgan fingerprint density at radius 1 is 0.897 bits per heavy atom. The van der Waals surface area contributed by atoms with E-state index in [2.05, 4.69) is 10.6 Å². The van der Waals surface area contributed by atoms with Crippen molar-refractivity contribution < 1.29 is 23.9 Å². The number of esters is 1. The smallest absolute Gasteiger partial charge is 0.329 e. The number of hydrogen-bond donors (Lipinski definition) is 2. The van der Waals surface area contributed by atoms with Crippen molar-refractivity contribution in [2.45, 2.75) is 26.8 Å². The van der Waals surface area contributed by atoms with Crippen LogP contribution in [0.4, 0.5) is 5.69 Å². The first kappa shape index (κ1) is 21.9. The number of para-hydroxylation sites is 1. The maximum Gasteiger partial charge on any atom is 0.329 e. The first-order valence-corrected chi connectivity index (χ1v) is 9.35. The zero-order chi connectivity index (χ0) is 21.2. The maximum atomic E-state index is 12.3. The fourth-order valence-corrected chi connectivity index (χ4v) is 2.44. The highest BCUT2D eigenvalue weighted by Gasteiger charge is 2.26. The second kappa shape index (κ2) is 10.8. The predicted molar refractivity (Wildman–Crippen MR) is 109 cm³/mol. The van der Waals surface area contributed by atoms with E-state index in [4.69, 9.17) is 9.47 Å². The summed E-state index contributed by atoms with van der Waals surface area (Å²) in [6.45, 7) is 4.83. The number of amides is 2. The van der Waals surface area contributed by atoms with Gasteiger partial charge in [0.1, 0.15) is 11.8 Å². The van der Waals surface area contributed by atoms with Crippen molar-refractivity contribution in [2.24, 2.45) is 5.92 Å². The molecule has 0 aliphatic heterocycles. The Balaban J connectivity index is 1.80. The lowest BCUT2D eigenvalue weighted by atomic mass is 10.0. The molecule has 0 bridgehead atoms. The monoisotopic (exact) mass is 398 g/mol. The van der Waals surface area contributed by atoms with Crippen molar-refractivity contribution in [3.63, 3.8) is 0 Å². The minimum atomic E-state index is -0.881. The molecular weight excluding hydrogens is 372 g/mol. The summed E-state index contributed by atoms with van der Waals surface area (Å²) in [5, 5.41) is 5.24. The van der Waals surface area contributed by atoms with Gasteiger partial charge in [-0.05, 0) is 37.1 Å². The summed E-state index contributed by atoms with van der Waals surface area (Å²) in [4.78, 5) is 36.4. The fraction of sp³-hybridized carbons (Fsp3) is 0.318. The van der Waals surface area contributed by atoms with Crippen molar-refractivity contribution >= 4 is 23.5 Å². The highest BCUT2D eigenvalue weighted by molar-refractivity contribution is 5.93. The molecule has 7 heteroatoms. The predicted octanol–water partition coefficient (Wildman–Crippen LogP) is 2.70. The van der Waals surface area contributed by atoms with Gasteiger partial charge in [-0.1, -0.05) is 49.7 Å². The molecule has 7 nitrogen and oxygen atoms in total. The summed E-state index contributed by atoms with van der Waals surface area (Å²) in [5.41, 5.74) is 1.68. The summed E-state index contributed by atoms with van der Waals surface area (Å²) in [5.74, 6) is -1.24. The lowest BCUT2D eigenvalue weighted by Crippen LogP contribution is -2.47. The van der Waals surface area contributed by atoms with Gasteiger partial charge in [0.25, 0.3) is 11.8 Å². The first-order valence-electron chi connectivity index (χ1n) is 9.35. The molecule has 2 N–H and O–H groups in total. The molecule has 29 heavy (non-hydrogen) atoms. The number of anilines is 1. The molecule has 0 fully saturated rings. The van der Waals surface area contributed by atoms with E-state index in [1.165, 1.54) is 0 Å². The number of aryl methyl sites for hydroxylation is 1. The van der Waals surface area contributed by atoms with Gasteiger partial charge in [-0.3, -0.25) is 9.59 Å². The van der Waals surface area contributed by atoms with E-state index in [0.717, 1.165) is 5.56 Å². The molecule has 0 aliphatic rings. The Morgan fingerprint density at radius 2 is 1.55 bits per heavy atom. The van der Waals surface area contributed by atoms with Gasteiger partial charge >= 0.3 is 5.97 Å². The highest BCUT2D eigenvalue weighted by atomic mass is 16.5. The average molecular weight is 398 g/mol. The number of nitrogens with one attached hydrogen (secondary N) is 2. The quantitative estimate of drug-likeness (QED) is 0.634. The fourth-order valence-electron chi connectivity index (χ4n) is 2.44. The van der Waals surface area contributed by atoms with E-state index in [1.807, 2.05) is 25.1 Å². The van der Waals surface area contributed by atoms with Crippen LogP contribution in [0.25, 0.3) is 0 Å². The van der Waals surface area contributed by atoms with Crippen LogP contribution in [0.2, 0.25) is 0 Å². The Hall–Kier alpha value is -3.35. The Kier molecular flexibility index (Phi) is 8.21. The van der Waals surface area contributed by atoms with Crippen LogP contribution in [0.15, 0.2) is 54.6 Å². The van der Waals surface area contributed by atoms with Gasteiger partial charge in [-0.15, -0.1) is 0 Å². The van der Waals surface area contributed by atoms with E-state index in [-0.39, 0.29) is 12.5 Å². The van der Waals surface area contributed by atoms with Gasteiger partial charge in [0, 0.05) is 5.69 Å². The molecule has 0 unspecified atom stereocenters. The van der Waals surface area contributed by atoms with Gasteiger partial charge in [-0.25, -0.2) is 4.79 Å². The van der Waals surface area contributed by atoms with Crippen molar-refractivity contribution in [2.75, 3.05) is 18.5 Å². The topological polar surface area (TPSA) is 93.7 Å². The molecule has 0 aromatic heterocycles. The largest absolute Gasteiger partial charge is 0.484 e. The van der Waals surface area contributed by atoms with Crippen LogP contribution in [0.5, 0.6) is 5.75 Å². The molecule has 2 amide bonds. The van der Waals surface area contributed by atoms with Crippen molar-refractivity contribution in [3.8, 4) is 5.75 Å². The Bertz CT molecular complexity index is 819. The third-order valence-electron chi connectivity index (χ3n) is 4.03. The summed E-state index contributed by atoms with van der Waals surface area (Å²) in [6, 6.07) is 15.3. The van der Waals surface area contributed by atoms with Crippen LogP contribution >= 0.6 is 0 Å². The third-order valence-corrected chi connectivity index (χ3v) is 4.03. The summed E-state index contributed by atoms with van der Waals surface area (Å²) >= 11 is 0. The van der Waals surface area contributed by atoms with Crippen LogP contribution in [0.3, 0.4) is 0 Å². The van der Waals surface area contributed by atoms with Crippen LogP contribution in [-0.2, 0) is 19.1 Å². The van der Waals surface area contributed by atoms with Crippen LogP contribution in [0.1, 0.15) is 19.4 Å². The van der Waals surface area contributed by atoms with Gasteiger partial charge in [0.2, 0.25) is 0 Å². The normalized spacial score (nSPS) is 11.4. The van der Waals surface area contributed by atoms with E-state index in [9.17, 15) is 14.4 Å². The number of rotatable bonds is 9. The molecule has 0 aliphatic carbocycles. The lowest BCUT2D eigenvalue weighted by molar-refractivity contribution is -0.152. The molecule has 2 aromatic rings. The van der Waals surface area contributed by atoms with Crippen molar-refractivity contribution in [1.29, 1.82) is 0 Å². The molecule has 0 heterocycles. The minimum Gasteiger partial charge on any atom is -0.484 e. The molecule has 0 spiro atoms. The molecule has 2 rings (SSSR count). The molecule has 1 atom stereocenters. The van der Waals surface area contributed by atoms with E-state index >= 15 is 0 Å². The number of carbonyl (C=O) groups is 3. The van der Waals surface area contributed by atoms with Crippen LogP contribution in [0, 0.1) is 12.8 Å². The second-order valence-corrected chi connectivity index (χ2v) is 6.91. The second-order valence-electron chi connectivity index (χ2n) is 6.91. The summed E-state index contributed by atoms with van der Waals surface area (Å²) in [6.07, 6.45) is 0. The highest BCUT2D eigenvalue weighted by Crippen LogP contribution is 2.10. The third kappa shape index (κ3) is 7.65. The molecule has 2 aromatic carbocycles. The summed E-state index contributed by atoms with van der Waals surface area (Å²) in [7, 11) is 0. The molecule has 154 valence electrons. The van der Waals surface area contributed by atoms with Gasteiger partial charge in [-0.2, -0.15) is 0 Å². The van der Waals surface area contributed by atoms with E-state index in [0.29, 0.717) is 11.4 Å². The Morgan fingerprint density at radius 3 is 2.17 bits per heavy atom. The average Bonchev–Trinajstić information content (AvgIpc) is 2.71. The van der Waals surface area contributed by atoms with Crippen LogP contribution in [-0.4, -0.2) is 37.0 Å². The molecular formula is C22H26N2O5. The standard InChI is InChI=1S/C22H26N2O5/c1-15(2)21(24-20(26)13-28-18-7-5-4-6-8-18)22(27)29-14-19(25)23-17-11-9-16(3)10-12-17/h4-12,15,21H,13-14H2,1-3H3,(H,23,25)(H,24,26)/t21-/m0/s1. The van der Waals surface area contributed by atoms with Crippen LogP contribution < -0.4 is 15.4 Å². The van der Waals surface area contributed by atoms with Crippen molar-refractivity contribution in [1.82, 2.24) is 5.32 Å². The van der Waals surface area contributed by atoms with E-state index < -0.39 is 30.4 Å². The van der Waals surface area contributed by atoms with Gasteiger partial charge < -0.3 is 20.1 Å². The molecule has 0 radical (unpaired) electrons. The van der Waals surface area contributed by atoms with Gasteiger partial charge in [0.15, 0.2) is 13.2 Å². The Labute approximate surface area is 170 Å². The summed E-state index contributed by atoms with van der Waals surface area (Å²) < 4.78 is 10.5. The first-order chi connectivity index (χ1) is 13.8. The SMILES string of the molecule is Cc1ccc(NC(=O)COC(=O)[C@@H](NC(=O)COc2ccccc2)C(C)C)cc1. The molecule has 0 saturated carbocycles. The van der Waals surface area contributed by atoms with Gasteiger partial charge in [0.05, 0.1) is 0 Å².